The van der Waals surface area contributed by atoms with E-state index in [-0.39, 0.29) is 34.2 Å². The van der Waals surface area contributed by atoms with Crippen LogP contribution in [0.2, 0.25) is 0 Å². The van der Waals surface area contributed by atoms with E-state index in [0.29, 0.717) is 51.0 Å². The van der Waals surface area contributed by atoms with Gasteiger partial charge >= 0.3 is 6.09 Å². The number of carbonyl (C=O) groups excluding carboxylic acids is 2. The number of aryl methyl sites for hydroxylation is 1. The Kier molecular flexibility index (Phi) is 11.1. The number of benzene rings is 1. The third kappa shape index (κ3) is 8.65. The number of hydrogen-bond donors (Lipinski definition) is 2. The Bertz CT molecular complexity index is 1710. The molecule has 2 amide bonds. The first-order valence-electron chi connectivity index (χ1n) is 19.1. The molecule has 52 heavy (non-hydrogen) atoms. The van der Waals surface area contributed by atoms with E-state index in [2.05, 4.69) is 57.3 Å². The van der Waals surface area contributed by atoms with E-state index in [1.807, 2.05) is 23.4 Å². The third-order valence-electron chi connectivity index (χ3n) is 11.9. The molecule has 2 N–H and O–H groups in total. The summed E-state index contributed by atoms with van der Waals surface area (Å²) < 4.78 is 11.3. The number of carbonyl (C=O) groups is 2. The van der Waals surface area contributed by atoms with E-state index in [1.54, 1.807) is 32.3 Å². The molecule has 2 aromatic heterocycles. The monoisotopic (exact) mass is 730 g/mol. The van der Waals surface area contributed by atoms with Crippen molar-refractivity contribution in [3.8, 4) is 16.2 Å². The van der Waals surface area contributed by atoms with Gasteiger partial charge in [0.2, 0.25) is 5.91 Å². The molecular formula is C42H58N4O5S. The Hall–Kier alpha value is -3.50. The molecule has 10 heteroatoms. The summed E-state index contributed by atoms with van der Waals surface area (Å²) in [5.74, 6) is 1.61. The topological polar surface area (TPSA) is 114 Å². The Morgan fingerprint density at radius 1 is 0.981 bits per heavy atom. The summed E-state index contributed by atoms with van der Waals surface area (Å²) in [7, 11) is 1.73. The molecule has 0 saturated heterocycles. The van der Waals surface area contributed by atoms with Crippen LogP contribution in [0.25, 0.3) is 10.4 Å². The number of fused-ring (bicyclic) bond motifs is 3. The van der Waals surface area contributed by atoms with Crippen molar-refractivity contribution in [2.45, 2.75) is 135 Å². The Balaban J connectivity index is 1.19. The normalized spacial score (nSPS) is 24.7. The molecule has 4 aliphatic carbocycles. The number of methoxy groups -OCH3 is 1. The van der Waals surface area contributed by atoms with Crippen molar-refractivity contribution in [1.82, 2.24) is 15.3 Å². The number of thiazole rings is 1. The van der Waals surface area contributed by atoms with Crippen LogP contribution < -0.4 is 15.0 Å². The summed E-state index contributed by atoms with van der Waals surface area (Å²) in [6.07, 6.45) is 12.7. The number of anilines is 1. The van der Waals surface area contributed by atoms with Gasteiger partial charge in [0.15, 0.2) is 0 Å². The van der Waals surface area contributed by atoms with E-state index in [1.165, 1.54) is 11.1 Å². The lowest BCUT2D eigenvalue weighted by molar-refractivity contribution is -0.124. The van der Waals surface area contributed by atoms with Gasteiger partial charge in [0, 0.05) is 36.8 Å². The number of alkyl carbamates (subject to hydrolysis) is 1. The van der Waals surface area contributed by atoms with Crippen molar-refractivity contribution in [1.29, 1.82) is 0 Å². The summed E-state index contributed by atoms with van der Waals surface area (Å²) in [4.78, 5) is 39.8. The van der Waals surface area contributed by atoms with Crippen molar-refractivity contribution in [2.75, 3.05) is 25.1 Å². The summed E-state index contributed by atoms with van der Waals surface area (Å²) in [6.45, 7) is 13.1. The summed E-state index contributed by atoms with van der Waals surface area (Å²) >= 11 is 1.70. The van der Waals surface area contributed by atoms with Gasteiger partial charge in [-0.1, -0.05) is 32.9 Å². The van der Waals surface area contributed by atoms with E-state index < -0.39 is 11.7 Å². The molecule has 4 fully saturated rings. The number of nitrogens with zero attached hydrogens (tertiary/aromatic N) is 3. The zero-order chi connectivity index (χ0) is 37.3. The molecule has 0 radical (unpaired) electrons. The molecule has 2 heterocycles. The average molecular weight is 731 g/mol. The highest BCUT2D eigenvalue weighted by molar-refractivity contribution is 7.15. The second-order valence-corrected chi connectivity index (χ2v) is 18.5. The Morgan fingerprint density at radius 2 is 1.67 bits per heavy atom. The fourth-order valence-electron chi connectivity index (χ4n) is 8.53. The van der Waals surface area contributed by atoms with Crippen LogP contribution in [-0.4, -0.2) is 59.0 Å². The van der Waals surface area contributed by atoms with Crippen molar-refractivity contribution in [3.05, 3.63) is 58.9 Å². The first kappa shape index (κ1) is 38.2. The van der Waals surface area contributed by atoms with Gasteiger partial charge in [0.25, 0.3) is 0 Å². The second kappa shape index (κ2) is 15.1. The average Bonchev–Trinajstić information content (AvgIpc) is 3.63. The molecule has 282 valence electrons. The maximum Gasteiger partial charge on any atom is 0.407 e. The van der Waals surface area contributed by atoms with Crippen LogP contribution in [0.1, 0.15) is 121 Å². The maximum atomic E-state index is 14.7. The van der Waals surface area contributed by atoms with Crippen LogP contribution in [0, 0.1) is 18.3 Å². The van der Waals surface area contributed by atoms with Crippen LogP contribution in [-0.2, 0) is 20.4 Å². The summed E-state index contributed by atoms with van der Waals surface area (Å²) in [5.41, 5.74) is 2.97. The number of rotatable bonds is 11. The number of pyridine rings is 1. The van der Waals surface area contributed by atoms with Gasteiger partial charge in [0.05, 0.1) is 22.6 Å². The van der Waals surface area contributed by atoms with Gasteiger partial charge < -0.3 is 19.9 Å². The lowest BCUT2D eigenvalue weighted by Crippen LogP contribution is -2.52. The Labute approximate surface area is 313 Å². The molecule has 3 aromatic rings. The highest BCUT2D eigenvalue weighted by Gasteiger charge is 2.51. The quantitative estimate of drug-likeness (QED) is 0.203. The van der Waals surface area contributed by atoms with Crippen LogP contribution >= 0.6 is 11.3 Å². The van der Waals surface area contributed by atoms with E-state index in [9.17, 15) is 14.7 Å². The van der Waals surface area contributed by atoms with E-state index >= 15 is 0 Å². The summed E-state index contributed by atoms with van der Waals surface area (Å²) in [5, 5.41) is 13.8. The van der Waals surface area contributed by atoms with Crippen molar-refractivity contribution >= 4 is 29.2 Å². The minimum atomic E-state index is -0.852. The largest absolute Gasteiger partial charge is 0.496 e. The van der Waals surface area contributed by atoms with Crippen LogP contribution in [0.5, 0.6) is 5.75 Å². The highest BCUT2D eigenvalue weighted by atomic mass is 32.1. The Morgan fingerprint density at radius 3 is 2.27 bits per heavy atom. The lowest BCUT2D eigenvalue weighted by Gasteiger charge is -2.55. The number of amides is 2. The van der Waals surface area contributed by atoms with E-state index in [0.717, 1.165) is 59.7 Å². The predicted molar refractivity (Wildman–Crippen MR) is 207 cm³/mol. The molecule has 7 rings (SSSR count). The molecule has 0 aliphatic heterocycles. The highest BCUT2D eigenvalue weighted by Crippen LogP contribution is 2.58. The summed E-state index contributed by atoms with van der Waals surface area (Å²) in [6, 6.07) is 10.8. The van der Waals surface area contributed by atoms with Crippen LogP contribution in [0.4, 0.5) is 10.6 Å². The van der Waals surface area contributed by atoms with Gasteiger partial charge in [-0.15, -0.1) is 11.3 Å². The van der Waals surface area contributed by atoms with Gasteiger partial charge in [-0.25, -0.2) is 14.8 Å². The standard InChI is InChI=1S/C42H58N4O5S/c1-28-24-31(10-13-33(28)50-7)42-18-15-41(16-19-42,17-20-42)27-46(35-25-30(14-22-43-35)34-26-45-37(52-34)39(2,3)4)36(47)29-8-11-32(12-9-29)51-38(48)44-23-21-40(5,6)49/h10,13-14,22,24-26,29,32,49H,8-9,11-12,15-21,23,27H2,1-7H3,(H,44,48). The minimum Gasteiger partial charge on any atom is -0.496 e. The second-order valence-electron chi connectivity index (χ2n) is 17.4. The molecular weight excluding hydrogens is 673 g/mol. The zero-order valence-corrected chi connectivity index (χ0v) is 33.0. The van der Waals surface area contributed by atoms with Gasteiger partial charge in [0.1, 0.15) is 17.7 Å². The van der Waals surface area contributed by atoms with Gasteiger partial charge in [-0.2, -0.15) is 0 Å². The lowest BCUT2D eigenvalue weighted by atomic mass is 9.51. The van der Waals surface area contributed by atoms with Crippen LogP contribution in [0.15, 0.2) is 42.7 Å². The first-order chi connectivity index (χ1) is 24.6. The third-order valence-corrected chi connectivity index (χ3v) is 13.4. The molecule has 4 saturated carbocycles. The maximum absolute atomic E-state index is 14.7. The molecule has 4 aliphatic rings. The number of hydrogen-bond acceptors (Lipinski definition) is 8. The number of nitrogens with one attached hydrogen (secondary N) is 1. The smallest absolute Gasteiger partial charge is 0.407 e. The van der Waals surface area contributed by atoms with Crippen molar-refractivity contribution < 1.29 is 24.2 Å². The molecule has 1 aromatic carbocycles. The molecule has 0 atom stereocenters. The fraction of sp³-hybridized carbons (Fsp3) is 0.619. The molecule has 0 unspecified atom stereocenters. The number of ether oxygens (including phenoxy) is 2. The van der Waals surface area contributed by atoms with Crippen LogP contribution in [0.3, 0.4) is 0 Å². The van der Waals surface area contributed by atoms with Gasteiger partial charge in [-0.3, -0.25) is 9.69 Å². The van der Waals surface area contributed by atoms with Crippen molar-refractivity contribution in [2.24, 2.45) is 11.3 Å². The molecule has 0 spiro atoms. The fourth-order valence-corrected chi connectivity index (χ4v) is 9.50. The van der Waals surface area contributed by atoms with E-state index in [4.69, 9.17) is 19.4 Å². The van der Waals surface area contributed by atoms with Gasteiger partial charge in [-0.05, 0) is 137 Å². The predicted octanol–water partition coefficient (Wildman–Crippen LogP) is 8.89. The molecule has 2 bridgehead atoms. The number of aliphatic hydroxyl groups is 1. The first-order valence-corrected chi connectivity index (χ1v) is 20.0. The zero-order valence-electron chi connectivity index (χ0n) is 32.2. The number of aromatic nitrogens is 2. The minimum absolute atomic E-state index is 0.0405. The molecule has 9 nitrogen and oxygen atoms in total. The van der Waals surface area contributed by atoms with Crippen molar-refractivity contribution in [3.63, 3.8) is 0 Å². The SMILES string of the molecule is COc1ccc(C23CCC(CN(C(=O)C4CCC(OC(=O)NCCC(C)(C)O)CC4)c4cc(-c5cnc(C(C)(C)C)s5)ccn4)(CC2)CC3)cc1C.